The van der Waals surface area contributed by atoms with E-state index in [4.69, 9.17) is 9.47 Å². The summed E-state index contributed by atoms with van der Waals surface area (Å²) in [7, 11) is 2.35. The quantitative estimate of drug-likeness (QED) is 0.761. The second-order valence-corrected chi connectivity index (χ2v) is 7.15. The molecule has 3 aliphatic heterocycles. The SMILES string of the molecule is C[N+]12CCc3cc(O)ccc3C1Cc1ccc3c(c1C2)OCO3. The summed E-state index contributed by atoms with van der Waals surface area (Å²) in [5.74, 6) is 2.22. The van der Waals surface area contributed by atoms with Crippen LogP contribution in [0, 0.1) is 0 Å². The van der Waals surface area contributed by atoms with E-state index in [0.29, 0.717) is 18.6 Å². The summed E-state index contributed by atoms with van der Waals surface area (Å²) >= 11 is 0. The minimum Gasteiger partial charge on any atom is -0.508 e. The minimum atomic E-state index is 0.334. The molecule has 0 radical (unpaired) electrons. The largest absolute Gasteiger partial charge is 0.508 e. The maximum atomic E-state index is 9.78. The Bertz CT molecular complexity index is 817. The Morgan fingerprint density at radius 2 is 2.04 bits per heavy atom. The van der Waals surface area contributed by atoms with Crippen molar-refractivity contribution in [3.8, 4) is 17.2 Å². The average Bonchev–Trinajstić information content (AvgIpc) is 3.02. The van der Waals surface area contributed by atoms with Gasteiger partial charge in [0.15, 0.2) is 11.5 Å². The Balaban J connectivity index is 1.64. The van der Waals surface area contributed by atoms with E-state index in [9.17, 15) is 5.11 Å². The lowest BCUT2D eigenvalue weighted by molar-refractivity contribution is -0.956. The van der Waals surface area contributed by atoms with Gasteiger partial charge in [-0.15, -0.1) is 0 Å². The smallest absolute Gasteiger partial charge is 0.231 e. The van der Waals surface area contributed by atoms with E-state index in [-0.39, 0.29) is 0 Å². The average molecular weight is 310 g/mol. The van der Waals surface area contributed by atoms with Gasteiger partial charge >= 0.3 is 0 Å². The van der Waals surface area contributed by atoms with Gasteiger partial charge in [0.1, 0.15) is 18.3 Å². The first kappa shape index (κ1) is 13.3. The summed E-state index contributed by atoms with van der Waals surface area (Å²) < 4.78 is 12.3. The Labute approximate surface area is 135 Å². The minimum absolute atomic E-state index is 0.334. The number of hydrogen-bond donors (Lipinski definition) is 1. The van der Waals surface area contributed by atoms with E-state index in [1.165, 1.54) is 22.3 Å². The second kappa shape index (κ2) is 4.42. The number of nitrogens with zero attached hydrogens (tertiary/aromatic N) is 1. The molecule has 23 heavy (non-hydrogen) atoms. The van der Waals surface area contributed by atoms with Crippen LogP contribution in [-0.4, -0.2) is 30.0 Å². The van der Waals surface area contributed by atoms with Crippen LogP contribution in [0.2, 0.25) is 0 Å². The van der Waals surface area contributed by atoms with Gasteiger partial charge in [-0.25, -0.2) is 0 Å². The Kier molecular flexibility index (Phi) is 2.55. The third kappa shape index (κ3) is 1.81. The van der Waals surface area contributed by atoms with E-state index in [1.807, 2.05) is 18.2 Å². The van der Waals surface area contributed by atoms with Crippen molar-refractivity contribution in [1.29, 1.82) is 0 Å². The number of phenolic OH excluding ortho intramolecular Hbond substituents is 1. The number of fused-ring (bicyclic) bond motifs is 6. The summed E-state index contributed by atoms with van der Waals surface area (Å²) in [6.07, 6.45) is 2.03. The first-order valence-electron chi connectivity index (χ1n) is 8.20. The van der Waals surface area contributed by atoms with E-state index in [1.54, 1.807) is 0 Å². The van der Waals surface area contributed by atoms with Gasteiger partial charge < -0.3 is 19.1 Å². The highest BCUT2D eigenvalue weighted by molar-refractivity contribution is 5.53. The summed E-state index contributed by atoms with van der Waals surface area (Å²) in [6.45, 7) is 2.40. The maximum absolute atomic E-state index is 9.78. The summed E-state index contributed by atoms with van der Waals surface area (Å²) in [5, 5.41) is 9.78. The van der Waals surface area contributed by atoms with Crippen molar-refractivity contribution in [2.24, 2.45) is 0 Å². The van der Waals surface area contributed by atoms with Crippen LogP contribution >= 0.6 is 0 Å². The molecule has 0 fully saturated rings. The molecule has 0 aliphatic carbocycles. The van der Waals surface area contributed by atoms with Crippen molar-refractivity contribution in [1.82, 2.24) is 0 Å². The molecule has 1 N–H and O–H groups in total. The maximum Gasteiger partial charge on any atom is 0.231 e. The van der Waals surface area contributed by atoms with Crippen molar-refractivity contribution in [3.63, 3.8) is 0 Å². The van der Waals surface area contributed by atoms with Crippen LogP contribution in [0.4, 0.5) is 0 Å². The van der Waals surface area contributed by atoms with Gasteiger partial charge in [0, 0.05) is 18.4 Å². The fourth-order valence-electron chi connectivity index (χ4n) is 4.53. The van der Waals surface area contributed by atoms with Crippen molar-refractivity contribution in [2.75, 3.05) is 20.4 Å². The van der Waals surface area contributed by atoms with Gasteiger partial charge in [0.05, 0.1) is 19.2 Å². The third-order valence-electron chi connectivity index (χ3n) is 5.80. The molecular weight excluding hydrogens is 290 g/mol. The topological polar surface area (TPSA) is 38.7 Å². The highest BCUT2D eigenvalue weighted by atomic mass is 16.7. The number of ether oxygens (including phenoxy) is 2. The highest BCUT2D eigenvalue weighted by Crippen LogP contribution is 2.48. The molecule has 2 aromatic carbocycles. The van der Waals surface area contributed by atoms with Crippen LogP contribution in [0.3, 0.4) is 0 Å². The van der Waals surface area contributed by atoms with Gasteiger partial charge in [-0.2, -0.15) is 0 Å². The van der Waals surface area contributed by atoms with E-state index < -0.39 is 0 Å². The molecule has 118 valence electrons. The van der Waals surface area contributed by atoms with Crippen molar-refractivity contribution >= 4 is 0 Å². The predicted molar refractivity (Wildman–Crippen MR) is 85.6 cm³/mol. The zero-order valence-corrected chi connectivity index (χ0v) is 13.2. The van der Waals surface area contributed by atoms with E-state index in [2.05, 4.69) is 19.2 Å². The zero-order valence-electron chi connectivity index (χ0n) is 13.2. The molecule has 2 unspecified atom stereocenters. The Hall–Kier alpha value is -2.20. The molecule has 4 heteroatoms. The Morgan fingerprint density at radius 1 is 1.13 bits per heavy atom. The highest BCUT2D eigenvalue weighted by Gasteiger charge is 2.44. The van der Waals surface area contributed by atoms with Crippen molar-refractivity contribution < 1.29 is 19.1 Å². The van der Waals surface area contributed by atoms with Gasteiger partial charge in [0.25, 0.3) is 0 Å². The van der Waals surface area contributed by atoms with Crippen LogP contribution in [-0.2, 0) is 19.4 Å². The third-order valence-corrected chi connectivity index (χ3v) is 5.80. The number of quaternary nitrogens is 1. The van der Waals surface area contributed by atoms with Crippen LogP contribution in [0.25, 0.3) is 0 Å². The molecule has 0 amide bonds. The molecule has 4 nitrogen and oxygen atoms in total. The van der Waals surface area contributed by atoms with Gasteiger partial charge in [0.2, 0.25) is 6.79 Å². The van der Waals surface area contributed by atoms with E-state index in [0.717, 1.165) is 41.9 Å². The fraction of sp³-hybridized carbons (Fsp3) is 0.368. The number of hydrogen-bond acceptors (Lipinski definition) is 3. The Morgan fingerprint density at radius 3 is 2.96 bits per heavy atom. The van der Waals surface area contributed by atoms with Crippen molar-refractivity contribution in [2.45, 2.75) is 25.4 Å². The lowest BCUT2D eigenvalue weighted by Gasteiger charge is -2.48. The van der Waals surface area contributed by atoms with Gasteiger partial charge in [-0.1, -0.05) is 6.07 Å². The monoisotopic (exact) mass is 310 g/mol. The lowest BCUT2D eigenvalue weighted by atomic mass is 9.81. The standard InChI is InChI=1S/C19H19NO3/c1-20-7-6-13-8-14(21)3-4-15(13)17(20)9-12-2-5-18-19(16(12)10-20)23-11-22-18/h2-5,8,17H,6-7,9-11H2,1H3/p+1. The fourth-order valence-corrected chi connectivity index (χ4v) is 4.53. The molecule has 0 aromatic heterocycles. The normalized spacial score (nSPS) is 27.1. The van der Waals surface area contributed by atoms with Crippen LogP contribution < -0.4 is 9.47 Å². The second-order valence-electron chi connectivity index (χ2n) is 7.15. The van der Waals surface area contributed by atoms with Crippen LogP contribution in [0.1, 0.15) is 28.3 Å². The predicted octanol–water partition coefficient (Wildman–Crippen LogP) is 2.92. The molecule has 5 rings (SSSR count). The molecule has 3 aliphatic rings. The first-order chi connectivity index (χ1) is 11.1. The van der Waals surface area contributed by atoms with Crippen molar-refractivity contribution in [3.05, 3.63) is 52.6 Å². The van der Waals surface area contributed by atoms with Gasteiger partial charge in [-0.05, 0) is 35.4 Å². The molecular formula is C19H20NO3+. The molecule has 2 aromatic rings. The number of likely N-dealkylation sites (N-methyl/N-ethyl adjacent to an activating group) is 1. The van der Waals surface area contributed by atoms with Gasteiger partial charge in [-0.3, -0.25) is 0 Å². The first-order valence-corrected chi connectivity index (χ1v) is 8.20. The summed E-state index contributed by atoms with van der Waals surface area (Å²) in [4.78, 5) is 0. The zero-order chi connectivity index (χ0) is 15.6. The summed E-state index contributed by atoms with van der Waals surface area (Å²) in [6, 6.07) is 10.6. The lowest BCUT2D eigenvalue weighted by Crippen LogP contribution is -2.53. The van der Waals surface area contributed by atoms with Crippen LogP contribution in [0.15, 0.2) is 30.3 Å². The number of rotatable bonds is 0. The molecule has 0 saturated carbocycles. The van der Waals surface area contributed by atoms with Crippen LogP contribution in [0.5, 0.6) is 17.2 Å². The van der Waals surface area contributed by atoms with E-state index >= 15 is 0 Å². The summed E-state index contributed by atoms with van der Waals surface area (Å²) in [5.41, 5.74) is 5.38. The molecule has 2 atom stereocenters. The molecule has 0 saturated heterocycles. The molecule has 0 bridgehead atoms. The number of phenols is 1. The number of aromatic hydroxyl groups is 1. The molecule has 3 heterocycles. The number of benzene rings is 2. The molecule has 0 spiro atoms.